The third-order valence-electron chi connectivity index (χ3n) is 5.15. The number of amides is 2. The van der Waals surface area contributed by atoms with E-state index in [9.17, 15) is 13.2 Å². The molecule has 178 valence electrons. The standard InChI is InChI=1S/C23H24ClN5O4S/c24-21-14-19(5-8-22(21)29-10-12-33-13-11-29)28-34(31,32)20-6-3-18(4-7-20)27-23(30)26-16-17-2-1-9-25-15-17/h1-9,14-15,28H,10-13,16H2,(H2,26,27,30). The summed E-state index contributed by atoms with van der Waals surface area (Å²) >= 11 is 6.40. The van der Waals surface area contributed by atoms with Crippen LogP contribution in [0.5, 0.6) is 0 Å². The highest BCUT2D eigenvalue weighted by Crippen LogP contribution is 2.30. The predicted molar refractivity (Wildman–Crippen MR) is 132 cm³/mol. The molecule has 1 aliphatic rings. The number of pyridine rings is 1. The Labute approximate surface area is 203 Å². The van der Waals surface area contributed by atoms with E-state index >= 15 is 0 Å². The Hall–Kier alpha value is -3.34. The van der Waals surface area contributed by atoms with E-state index in [-0.39, 0.29) is 4.90 Å². The van der Waals surface area contributed by atoms with Crippen molar-refractivity contribution >= 4 is 44.7 Å². The number of sulfonamides is 1. The van der Waals surface area contributed by atoms with E-state index in [2.05, 4.69) is 25.2 Å². The maximum Gasteiger partial charge on any atom is 0.319 e. The van der Waals surface area contributed by atoms with E-state index in [0.29, 0.717) is 36.2 Å². The molecular weight excluding hydrogens is 478 g/mol. The molecule has 2 aromatic carbocycles. The normalized spacial score (nSPS) is 13.9. The Morgan fingerprint density at radius 3 is 2.47 bits per heavy atom. The number of hydrogen-bond donors (Lipinski definition) is 3. The average molecular weight is 502 g/mol. The minimum atomic E-state index is -3.84. The molecule has 0 unspecified atom stereocenters. The molecule has 2 heterocycles. The Morgan fingerprint density at radius 2 is 1.79 bits per heavy atom. The van der Waals surface area contributed by atoms with Crippen molar-refractivity contribution in [3.63, 3.8) is 0 Å². The van der Waals surface area contributed by atoms with Crippen molar-refractivity contribution in [1.82, 2.24) is 10.3 Å². The van der Waals surface area contributed by atoms with Crippen LogP contribution in [0, 0.1) is 0 Å². The van der Waals surface area contributed by atoms with Gasteiger partial charge >= 0.3 is 6.03 Å². The van der Waals surface area contributed by atoms with Gasteiger partial charge in [0.2, 0.25) is 0 Å². The van der Waals surface area contributed by atoms with Gasteiger partial charge in [-0.3, -0.25) is 9.71 Å². The van der Waals surface area contributed by atoms with E-state index in [1.165, 1.54) is 24.3 Å². The van der Waals surface area contributed by atoms with E-state index in [4.69, 9.17) is 16.3 Å². The van der Waals surface area contributed by atoms with Gasteiger partial charge in [0, 0.05) is 37.7 Å². The van der Waals surface area contributed by atoms with Crippen molar-refractivity contribution in [1.29, 1.82) is 0 Å². The van der Waals surface area contributed by atoms with Crippen LogP contribution in [0.1, 0.15) is 5.56 Å². The lowest BCUT2D eigenvalue weighted by Gasteiger charge is -2.29. The third-order valence-corrected chi connectivity index (χ3v) is 6.85. The quantitative estimate of drug-likeness (QED) is 0.455. The molecule has 4 rings (SSSR count). The number of carbonyl (C=O) groups excluding carboxylic acids is 1. The zero-order chi connectivity index (χ0) is 24.0. The van der Waals surface area contributed by atoms with Crippen molar-refractivity contribution in [2.75, 3.05) is 41.2 Å². The number of nitrogens with zero attached hydrogens (tertiary/aromatic N) is 2. The Balaban J connectivity index is 1.36. The molecule has 1 fully saturated rings. The Bertz CT molecular complexity index is 1230. The highest BCUT2D eigenvalue weighted by Gasteiger charge is 2.18. The van der Waals surface area contributed by atoms with Crippen molar-refractivity contribution < 1.29 is 17.9 Å². The van der Waals surface area contributed by atoms with Gasteiger partial charge in [0.1, 0.15) is 0 Å². The largest absolute Gasteiger partial charge is 0.378 e. The maximum atomic E-state index is 12.8. The molecule has 1 saturated heterocycles. The summed E-state index contributed by atoms with van der Waals surface area (Å²) in [4.78, 5) is 18.2. The molecule has 0 spiro atoms. The average Bonchev–Trinajstić information content (AvgIpc) is 2.84. The summed E-state index contributed by atoms with van der Waals surface area (Å²) in [5.74, 6) is 0. The van der Waals surface area contributed by atoms with E-state index in [1.807, 2.05) is 6.07 Å². The molecule has 11 heteroatoms. The summed E-state index contributed by atoms with van der Waals surface area (Å²) in [6, 6.07) is 14.2. The van der Waals surface area contributed by atoms with Crippen LogP contribution in [0.3, 0.4) is 0 Å². The summed E-state index contributed by atoms with van der Waals surface area (Å²) in [7, 11) is -3.84. The van der Waals surface area contributed by atoms with Crippen LogP contribution < -0.4 is 20.3 Å². The smallest absolute Gasteiger partial charge is 0.319 e. The van der Waals surface area contributed by atoms with Crippen molar-refractivity contribution in [3.05, 3.63) is 77.6 Å². The van der Waals surface area contributed by atoms with Crippen LogP contribution >= 0.6 is 11.6 Å². The third kappa shape index (κ3) is 6.16. The lowest BCUT2D eigenvalue weighted by Crippen LogP contribution is -2.36. The monoisotopic (exact) mass is 501 g/mol. The number of nitrogens with one attached hydrogen (secondary N) is 3. The molecule has 1 aliphatic heterocycles. The number of morpholine rings is 1. The fraction of sp³-hybridized carbons (Fsp3) is 0.217. The Kier molecular flexibility index (Phi) is 7.51. The minimum Gasteiger partial charge on any atom is -0.378 e. The number of ether oxygens (including phenoxy) is 1. The second-order valence-corrected chi connectivity index (χ2v) is 9.65. The van der Waals surface area contributed by atoms with E-state index in [1.54, 1.807) is 36.7 Å². The molecule has 2 amide bonds. The molecule has 3 aromatic rings. The van der Waals surface area contributed by atoms with E-state index in [0.717, 1.165) is 24.3 Å². The predicted octanol–water partition coefficient (Wildman–Crippen LogP) is 3.69. The topological polar surface area (TPSA) is 113 Å². The first kappa shape index (κ1) is 23.8. The summed E-state index contributed by atoms with van der Waals surface area (Å²) in [5.41, 5.74) is 2.52. The number of benzene rings is 2. The number of aromatic nitrogens is 1. The first-order valence-corrected chi connectivity index (χ1v) is 12.5. The molecule has 0 saturated carbocycles. The van der Waals surface area contributed by atoms with Gasteiger partial charge in [-0.2, -0.15) is 0 Å². The number of anilines is 3. The van der Waals surface area contributed by atoms with Crippen LogP contribution in [0.4, 0.5) is 21.9 Å². The van der Waals surface area contributed by atoms with Crippen LogP contribution in [0.25, 0.3) is 0 Å². The zero-order valence-electron chi connectivity index (χ0n) is 18.2. The molecule has 0 radical (unpaired) electrons. The number of carbonyl (C=O) groups is 1. The van der Waals surface area contributed by atoms with E-state index < -0.39 is 16.1 Å². The number of hydrogen-bond acceptors (Lipinski definition) is 6. The first-order valence-electron chi connectivity index (χ1n) is 10.6. The lowest BCUT2D eigenvalue weighted by atomic mass is 10.2. The van der Waals surface area contributed by atoms with Gasteiger partial charge in [0.05, 0.1) is 34.5 Å². The van der Waals surface area contributed by atoms with Crippen molar-refractivity contribution in [2.24, 2.45) is 0 Å². The molecular formula is C23H24ClN5O4S. The molecule has 0 aliphatic carbocycles. The summed E-state index contributed by atoms with van der Waals surface area (Å²) in [6.07, 6.45) is 3.32. The van der Waals surface area contributed by atoms with Crippen molar-refractivity contribution in [2.45, 2.75) is 11.4 Å². The summed E-state index contributed by atoms with van der Waals surface area (Å²) in [6.45, 7) is 3.03. The fourth-order valence-corrected chi connectivity index (χ4v) is 4.77. The summed E-state index contributed by atoms with van der Waals surface area (Å²) in [5, 5.41) is 5.84. The summed E-state index contributed by atoms with van der Waals surface area (Å²) < 4.78 is 33.5. The molecule has 34 heavy (non-hydrogen) atoms. The van der Waals surface area contributed by atoms with Crippen LogP contribution in [0.2, 0.25) is 5.02 Å². The fourth-order valence-electron chi connectivity index (χ4n) is 3.42. The van der Waals surface area contributed by atoms with Gasteiger partial charge in [0.25, 0.3) is 10.0 Å². The number of rotatable bonds is 7. The molecule has 0 atom stereocenters. The van der Waals surface area contributed by atoms with Gasteiger partial charge in [-0.25, -0.2) is 13.2 Å². The van der Waals surface area contributed by atoms with Crippen molar-refractivity contribution in [3.8, 4) is 0 Å². The first-order chi connectivity index (χ1) is 16.4. The van der Waals surface area contributed by atoms with Gasteiger partial charge < -0.3 is 20.3 Å². The number of urea groups is 1. The van der Waals surface area contributed by atoms with Gasteiger partial charge in [-0.15, -0.1) is 0 Å². The Morgan fingerprint density at radius 1 is 1.06 bits per heavy atom. The van der Waals surface area contributed by atoms with Crippen LogP contribution in [0.15, 0.2) is 71.9 Å². The number of halogens is 1. The molecule has 0 bridgehead atoms. The minimum absolute atomic E-state index is 0.0576. The second kappa shape index (κ2) is 10.7. The highest BCUT2D eigenvalue weighted by atomic mass is 35.5. The molecule has 9 nitrogen and oxygen atoms in total. The zero-order valence-corrected chi connectivity index (χ0v) is 19.8. The highest BCUT2D eigenvalue weighted by molar-refractivity contribution is 7.92. The van der Waals surface area contributed by atoms with Gasteiger partial charge in [-0.1, -0.05) is 17.7 Å². The second-order valence-electron chi connectivity index (χ2n) is 7.56. The van der Waals surface area contributed by atoms with Gasteiger partial charge in [0.15, 0.2) is 0 Å². The molecule has 1 aromatic heterocycles. The maximum absolute atomic E-state index is 12.8. The lowest BCUT2D eigenvalue weighted by molar-refractivity contribution is 0.122. The SMILES string of the molecule is O=C(NCc1cccnc1)Nc1ccc(S(=O)(=O)Nc2ccc(N3CCOCC3)c(Cl)c2)cc1. The van der Waals surface area contributed by atoms with Gasteiger partial charge in [-0.05, 0) is 54.1 Å². The molecule has 3 N–H and O–H groups in total. The van der Waals surface area contributed by atoms with Crippen LogP contribution in [-0.4, -0.2) is 45.7 Å². The van der Waals surface area contributed by atoms with Crippen LogP contribution in [-0.2, 0) is 21.3 Å².